The van der Waals surface area contributed by atoms with Gasteiger partial charge in [-0.05, 0) is 30.3 Å². The molecule has 0 aliphatic heterocycles. The summed E-state index contributed by atoms with van der Waals surface area (Å²) in [4.78, 5) is 12.1. The van der Waals surface area contributed by atoms with Gasteiger partial charge in [0, 0.05) is 5.02 Å². The first-order valence-corrected chi connectivity index (χ1v) is 6.25. The number of carbonyl (C=O) groups excluding carboxylic acids is 1. The fourth-order valence-corrected chi connectivity index (χ4v) is 1.87. The Hall–Kier alpha value is -2.34. The number of halogens is 3. The van der Waals surface area contributed by atoms with Crippen molar-refractivity contribution >= 4 is 28.9 Å². The topological polar surface area (TPSA) is 64.3 Å². The van der Waals surface area contributed by atoms with Crippen molar-refractivity contribution < 1.29 is 18.3 Å². The molecule has 0 bridgehead atoms. The second kappa shape index (κ2) is 6.41. The Bertz CT molecular complexity index is 665. The number of carbonyl (C=O) groups is 1. The van der Waals surface area contributed by atoms with Crippen LogP contribution in [-0.4, -0.2) is 12.5 Å². The predicted molar refractivity (Wildman–Crippen MR) is 76.9 cm³/mol. The molecule has 4 nitrogen and oxygen atoms in total. The normalized spacial score (nSPS) is 10.5. The summed E-state index contributed by atoms with van der Waals surface area (Å²) in [5.74, 6) is -0.821. The first-order chi connectivity index (χ1) is 9.97. The van der Waals surface area contributed by atoms with Crippen LogP contribution in [0.4, 0.5) is 20.2 Å². The molecule has 0 radical (unpaired) electrons. The minimum absolute atomic E-state index is 0.0212. The number of alkyl halides is 2. The molecule has 0 aliphatic rings. The van der Waals surface area contributed by atoms with Gasteiger partial charge in [0.2, 0.25) is 0 Å². The van der Waals surface area contributed by atoms with Crippen molar-refractivity contribution in [1.29, 1.82) is 0 Å². The van der Waals surface area contributed by atoms with Crippen molar-refractivity contribution in [2.24, 2.45) is 0 Å². The summed E-state index contributed by atoms with van der Waals surface area (Å²) in [5.41, 5.74) is 6.29. The van der Waals surface area contributed by atoms with Crippen LogP contribution in [0.3, 0.4) is 0 Å². The largest absolute Gasteiger partial charge is 0.434 e. The summed E-state index contributed by atoms with van der Waals surface area (Å²) in [6.45, 7) is -3.01. The van der Waals surface area contributed by atoms with E-state index in [0.29, 0.717) is 10.7 Å². The maximum Gasteiger partial charge on any atom is 0.387 e. The summed E-state index contributed by atoms with van der Waals surface area (Å²) in [5, 5.41) is 2.94. The molecule has 2 rings (SSSR count). The monoisotopic (exact) mass is 312 g/mol. The molecule has 21 heavy (non-hydrogen) atoms. The van der Waals surface area contributed by atoms with Gasteiger partial charge >= 0.3 is 6.61 Å². The highest BCUT2D eigenvalue weighted by atomic mass is 35.5. The van der Waals surface area contributed by atoms with Crippen LogP contribution in [0.1, 0.15) is 10.4 Å². The Morgan fingerprint density at radius 2 is 1.95 bits per heavy atom. The third-order valence-corrected chi connectivity index (χ3v) is 2.84. The minimum Gasteiger partial charge on any atom is -0.434 e. The maximum atomic E-state index is 12.3. The van der Waals surface area contributed by atoms with Crippen molar-refractivity contribution in [3.8, 4) is 5.75 Å². The number of nitrogens with one attached hydrogen (secondary N) is 1. The first-order valence-electron chi connectivity index (χ1n) is 5.87. The summed E-state index contributed by atoms with van der Waals surface area (Å²) in [6.07, 6.45) is 0. The summed E-state index contributed by atoms with van der Waals surface area (Å²) in [7, 11) is 0. The molecule has 3 N–H and O–H groups in total. The quantitative estimate of drug-likeness (QED) is 0.845. The summed E-state index contributed by atoms with van der Waals surface area (Å²) >= 11 is 5.76. The highest BCUT2D eigenvalue weighted by Gasteiger charge is 2.16. The van der Waals surface area contributed by atoms with E-state index < -0.39 is 12.5 Å². The number of nitrogens with two attached hydrogens (primary N) is 1. The Morgan fingerprint density at radius 1 is 1.24 bits per heavy atom. The molecule has 0 saturated heterocycles. The van der Waals surface area contributed by atoms with Crippen molar-refractivity contribution in [2.45, 2.75) is 6.61 Å². The molecule has 2 aromatic carbocycles. The number of hydrogen-bond donors (Lipinski definition) is 2. The Kier molecular flexibility index (Phi) is 4.59. The van der Waals surface area contributed by atoms with Gasteiger partial charge in [0.05, 0.1) is 16.9 Å². The fraction of sp³-hybridized carbons (Fsp3) is 0.0714. The maximum absolute atomic E-state index is 12.3. The van der Waals surface area contributed by atoms with E-state index in [9.17, 15) is 13.6 Å². The molecule has 0 unspecified atom stereocenters. The van der Waals surface area contributed by atoms with E-state index in [1.807, 2.05) is 0 Å². The zero-order valence-electron chi connectivity index (χ0n) is 10.6. The van der Waals surface area contributed by atoms with E-state index in [1.165, 1.54) is 30.3 Å². The second-order valence-electron chi connectivity index (χ2n) is 4.06. The lowest BCUT2D eigenvalue weighted by atomic mass is 10.1. The van der Waals surface area contributed by atoms with E-state index in [1.54, 1.807) is 12.1 Å². The molecule has 110 valence electrons. The van der Waals surface area contributed by atoms with Crippen LogP contribution in [-0.2, 0) is 0 Å². The third-order valence-electron chi connectivity index (χ3n) is 2.61. The van der Waals surface area contributed by atoms with Crippen LogP contribution in [0.15, 0.2) is 42.5 Å². The smallest absolute Gasteiger partial charge is 0.387 e. The predicted octanol–water partition coefficient (Wildman–Crippen LogP) is 3.78. The summed E-state index contributed by atoms with van der Waals surface area (Å²) in [6, 6.07) is 10.2. The van der Waals surface area contributed by atoms with E-state index in [0.717, 1.165) is 0 Å². The van der Waals surface area contributed by atoms with Crippen molar-refractivity contribution in [3.63, 3.8) is 0 Å². The molecule has 0 saturated carbocycles. The first kappa shape index (κ1) is 15.1. The summed E-state index contributed by atoms with van der Waals surface area (Å²) < 4.78 is 28.9. The fourth-order valence-electron chi connectivity index (χ4n) is 1.69. The van der Waals surface area contributed by atoms with E-state index in [-0.39, 0.29) is 17.0 Å². The number of para-hydroxylation sites is 1. The highest BCUT2D eigenvalue weighted by Crippen LogP contribution is 2.25. The molecular weight excluding hydrogens is 302 g/mol. The lowest BCUT2D eigenvalue weighted by Gasteiger charge is -2.12. The van der Waals surface area contributed by atoms with Gasteiger partial charge in [-0.15, -0.1) is 0 Å². The van der Waals surface area contributed by atoms with E-state index >= 15 is 0 Å². The molecule has 0 fully saturated rings. The van der Waals surface area contributed by atoms with E-state index in [2.05, 4.69) is 10.1 Å². The number of nitrogen functional groups attached to an aromatic ring is 1. The van der Waals surface area contributed by atoms with Gasteiger partial charge in [-0.3, -0.25) is 4.79 Å². The minimum atomic E-state index is -3.01. The number of ether oxygens (including phenoxy) is 1. The molecule has 0 atom stereocenters. The Morgan fingerprint density at radius 3 is 2.62 bits per heavy atom. The van der Waals surface area contributed by atoms with Crippen LogP contribution < -0.4 is 15.8 Å². The van der Waals surface area contributed by atoms with Gasteiger partial charge in [0.15, 0.2) is 0 Å². The highest BCUT2D eigenvalue weighted by molar-refractivity contribution is 6.31. The molecule has 1 amide bonds. The van der Waals surface area contributed by atoms with E-state index in [4.69, 9.17) is 17.3 Å². The standard InChI is InChI=1S/C14H11ClF2N2O2/c15-8-5-6-11(10(18)7-8)19-13(20)9-3-1-2-4-12(9)21-14(16)17/h1-7,14H,18H2,(H,19,20). The van der Waals surface area contributed by atoms with Gasteiger partial charge in [-0.1, -0.05) is 23.7 Å². The third kappa shape index (κ3) is 3.82. The number of anilines is 2. The van der Waals surface area contributed by atoms with Crippen molar-refractivity contribution in [1.82, 2.24) is 0 Å². The molecule has 0 aromatic heterocycles. The van der Waals surface area contributed by atoms with Crippen molar-refractivity contribution in [2.75, 3.05) is 11.1 Å². The van der Waals surface area contributed by atoms with Crippen LogP contribution in [0.2, 0.25) is 5.02 Å². The number of benzene rings is 2. The van der Waals surface area contributed by atoms with Gasteiger partial charge < -0.3 is 15.8 Å². The number of rotatable bonds is 4. The Balaban J connectivity index is 2.24. The molecule has 7 heteroatoms. The lowest BCUT2D eigenvalue weighted by Crippen LogP contribution is -2.15. The molecule has 0 spiro atoms. The molecule has 0 heterocycles. The van der Waals surface area contributed by atoms with Gasteiger partial charge in [-0.2, -0.15) is 8.78 Å². The van der Waals surface area contributed by atoms with Crippen LogP contribution in [0.25, 0.3) is 0 Å². The molecular formula is C14H11ClF2N2O2. The average molecular weight is 313 g/mol. The zero-order valence-corrected chi connectivity index (χ0v) is 11.4. The number of amides is 1. The average Bonchev–Trinajstić information content (AvgIpc) is 2.42. The molecule has 2 aromatic rings. The zero-order chi connectivity index (χ0) is 15.4. The van der Waals surface area contributed by atoms with Crippen LogP contribution >= 0.6 is 11.6 Å². The van der Waals surface area contributed by atoms with Gasteiger partial charge in [0.1, 0.15) is 5.75 Å². The molecule has 0 aliphatic carbocycles. The lowest BCUT2D eigenvalue weighted by molar-refractivity contribution is -0.0501. The van der Waals surface area contributed by atoms with Crippen molar-refractivity contribution in [3.05, 3.63) is 53.1 Å². The number of hydrogen-bond acceptors (Lipinski definition) is 3. The van der Waals surface area contributed by atoms with Crippen LogP contribution in [0, 0.1) is 0 Å². The van der Waals surface area contributed by atoms with Gasteiger partial charge in [-0.25, -0.2) is 0 Å². The second-order valence-corrected chi connectivity index (χ2v) is 4.50. The SMILES string of the molecule is Nc1cc(Cl)ccc1NC(=O)c1ccccc1OC(F)F. The van der Waals surface area contributed by atoms with Gasteiger partial charge in [0.25, 0.3) is 5.91 Å². The van der Waals surface area contributed by atoms with Crippen LogP contribution in [0.5, 0.6) is 5.75 Å². The Labute approximate surface area is 124 Å².